The van der Waals surface area contributed by atoms with Crippen molar-refractivity contribution >= 4 is 5.97 Å². The minimum Gasteiger partial charge on any atom is -0.453 e. The van der Waals surface area contributed by atoms with Crippen molar-refractivity contribution in [2.24, 2.45) is 0 Å². The van der Waals surface area contributed by atoms with Crippen molar-refractivity contribution in [1.29, 1.82) is 0 Å². The molecule has 0 heterocycles. The lowest BCUT2D eigenvalue weighted by Gasteiger charge is -2.27. The molecule has 0 N–H and O–H groups in total. The lowest BCUT2D eigenvalue weighted by Crippen LogP contribution is -2.46. The molecule has 6 nitrogen and oxygen atoms in total. The molecule has 0 aromatic carbocycles. The number of methoxy groups -OCH3 is 1. The number of ether oxygens (including phenoxy) is 5. The summed E-state index contributed by atoms with van der Waals surface area (Å²) in [6.45, 7) is 0.143. The molecule has 0 aromatic heterocycles. The zero-order valence-electron chi connectivity index (χ0n) is 12.6. The summed E-state index contributed by atoms with van der Waals surface area (Å²) >= 11 is 0. The second-order valence-corrected chi connectivity index (χ2v) is 4.30. The Morgan fingerprint density at radius 1 is 0.840 bits per heavy atom. The van der Waals surface area contributed by atoms with Crippen LogP contribution in [0.3, 0.4) is 0 Å². The molecule has 148 valence electrons. The third kappa shape index (κ3) is 10.2. The fraction of sp³-hybridized carbons (Fsp3) is 0.727. The molecule has 0 fully saturated rings. The first-order valence-corrected chi connectivity index (χ1v) is 5.94. The van der Waals surface area contributed by atoms with Gasteiger partial charge in [-0.2, -0.15) is 17.6 Å². The largest absolute Gasteiger partial charge is 0.496 e. The first-order valence-electron chi connectivity index (χ1n) is 5.94. The molecule has 0 aliphatic heterocycles. The van der Waals surface area contributed by atoms with Crippen LogP contribution in [0.15, 0.2) is 12.2 Å². The monoisotopic (exact) mass is 392 g/mol. The quantitative estimate of drug-likeness (QED) is 0.233. The normalized spacial score (nSPS) is 13.7. The van der Waals surface area contributed by atoms with Crippen LogP contribution in [0.4, 0.5) is 35.1 Å². The average molecular weight is 392 g/mol. The van der Waals surface area contributed by atoms with Crippen LogP contribution in [0.1, 0.15) is 6.92 Å². The van der Waals surface area contributed by atoms with E-state index in [0.717, 1.165) is 6.92 Å². The molecule has 0 radical (unpaired) electrons. The van der Waals surface area contributed by atoms with E-state index in [4.69, 9.17) is 0 Å². The van der Waals surface area contributed by atoms with Crippen LogP contribution in [0.25, 0.3) is 0 Å². The number of carbonyl (C=O) groups is 1. The van der Waals surface area contributed by atoms with Gasteiger partial charge < -0.3 is 9.47 Å². The zero-order chi connectivity index (χ0) is 20.1. The van der Waals surface area contributed by atoms with E-state index in [1.165, 1.54) is 0 Å². The van der Waals surface area contributed by atoms with Gasteiger partial charge in [-0.1, -0.05) is 6.58 Å². The molecule has 0 aliphatic rings. The Morgan fingerprint density at radius 2 is 1.24 bits per heavy atom. The summed E-state index contributed by atoms with van der Waals surface area (Å²) < 4.78 is 118. The Balaban J connectivity index is 4.83. The Labute approximate surface area is 135 Å². The van der Waals surface area contributed by atoms with E-state index in [1.54, 1.807) is 0 Å². The van der Waals surface area contributed by atoms with E-state index in [2.05, 4.69) is 30.3 Å². The molecule has 0 amide bonds. The van der Waals surface area contributed by atoms with Gasteiger partial charge in [-0.3, -0.25) is 0 Å². The van der Waals surface area contributed by atoms with Gasteiger partial charge in [-0.25, -0.2) is 19.0 Å². The van der Waals surface area contributed by atoms with Crippen LogP contribution in [-0.2, 0) is 28.5 Å². The fourth-order valence-corrected chi connectivity index (χ4v) is 1.03. The lowest BCUT2D eigenvalue weighted by molar-refractivity contribution is -0.575. The van der Waals surface area contributed by atoms with E-state index in [0.29, 0.717) is 7.11 Å². The molecule has 0 spiro atoms. The fourth-order valence-electron chi connectivity index (χ4n) is 1.03. The Hall–Kier alpha value is -1.51. The molecule has 0 saturated heterocycles. The SMILES string of the molecule is C=C(C)C(=O)OCC(F)(F)OC(F)(F)OC(F)(F)OC(F)(F)COC. The maximum atomic E-state index is 13.0. The molecule has 0 saturated carbocycles. The van der Waals surface area contributed by atoms with Gasteiger partial charge in [0.15, 0.2) is 6.61 Å². The molecule has 0 unspecified atom stereocenters. The maximum absolute atomic E-state index is 13.0. The predicted octanol–water partition coefficient (Wildman–Crippen LogP) is 3.09. The highest BCUT2D eigenvalue weighted by molar-refractivity contribution is 5.86. The van der Waals surface area contributed by atoms with Crippen LogP contribution in [0, 0.1) is 0 Å². The molecule has 25 heavy (non-hydrogen) atoms. The zero-order valence-corrected chi connectivity index (χ0v) is 12.6. The van der Waals surface area contributed by atoms with Crippen LogP contribution in [0.2, 0.25) is 0 Å². The van der Waals surface area contributed by atoms with Crippen LogP contribution < -0.4 is 0 Å². The molecule has 0 bridgehead atoms. The van der Waals surface area contributed by atoms with Gasteiger partial charge in [-0.05, 0) is 6.92 Å². The van der Waals surface area contributed by atoms with Gasteiger partial charge in [0.05, 0.1) is 0 Å². The van der Waals surface area contributed by atoms with Crippen LogP contribution in [0.5, 0.6) is 0 Å². The first-order chi connectivity index (χ1) is 11.0. The van der Waals surface area contributed by atoms with Crippen molar-refractivity contribution in [2.45, 2.75) is 31.7 Å². The van der Waals surface area contributed by atoms with Crippen molar-refractivity contribution in [1.82, 2.24) is 0 Å². The van der Waals surface area contributed by atoms with Crippen molar-refractivity contribution in [3.05, 3.63) is 12.2 Å². The van der Waals surface area contributed by atoms with Crippen molar-refractivity contribution in [3.63, 3.8) is 0 Å². The van der Waals surface area contributed by atoms with Crippen LogP contribution in [-0.4, -0.2) is 51.1 Å². The van der Waals surface area contributed by atoms with Crippen molar-refractivity contribution in [2.75, 3.05) is 20.3 Å². The lowest BCUT2D eigenvalue weighted by atomic mass is 10.4. The number of esters is 1. The Bertz CT molecular complexity index is 481. The summed E-state index contributed by atoms with van der Waals surface area (Å²) in [6.07, 6.45) is -21.3. The number of hydrogen-bond acceptors (Lipinski definition) is 6. The van der Waals surface area contributed by atoms with Crippen molar-refractivity contribution < 1.29 is 63.6 Å². The summed E-state index contributed by atoms with van der Waals surface area (Å²) in [6, 6.07) is 0. The van der Waals surface area contributed by atoms with Gasteiger partial charge in [-0.15, -0.1) is 17.6 Å². The van der Waals surface area contributed by atoms with E-state index in [-0.39, 0.29) is 5.57 Å². The predicted molar refractivity (Wildman–Crippen MR) is 60.7 cm³/mol. The molecule has 0 aromatic rings. The summed E-state index contributed by atoms with van der Waals surface area (Å²) in [5, 5.41) is 0. The first kappa shape index (κ1) is 23.5. The number of halogens is 8. The minimum absolute atomic E-state index is 0.376. The van der Waals surface area contributed by atoms with Gasteiger partial charge >= 0.3 is 30.8 Å². The third-order valence-electron chi connectivity index (χ3n) is 1.81. The minimum atomic E-state index is -5.80. The smallest absolute Gasteiger partial charge is 0.453 e. The van der Waals surface area contributed by atoms with E-state index < -0.39 is 44.0 Å². The number of carbonyl (C=O) groups excluding carboxylic acids is 1. The van der Waals surface area contributed by atoms with Crippen LogP contribution >= 0.6 is 0 Å². The summed E-state index contributed by atoms with van der Waals surface area (Å²) in [4.78, 5) is 10.8. The summed E-state index contributed by atoms with van der Waals surface area (Å²) in [7, 11) is 0.654. The highest BCUT2D eigenvalue weighted by Gasteiger charge is 2.56. The Kier molecular flexibility index (Phi) is 7.75. The topological polar surface area (TPSA) is 63.2 Å². The third-order valence-corrected chi connectivity index (χ3v) is 1.81. The number of alkyl halides is 8. The maximum Gasteiger partial charge on any atom is 0.496 e. The van der Waals surface area contributed by atoms with E-state index in [9.17, 15) is 39.9 Å². The molecular formula is C11H12F8O6. The second kappa shape index (κ2) is 8.25. The molecule has 0 rings (SSSR count). The molecule has 0 aliphatic carbocycles. The number of hydrogen-bond donors (Lipinski definition) is 0. The van der Waals surface area contributed by atoms with E-state index in [1.807, 2.05) is 0 Å². The van der Waals surface area contributed by atoms with Gasteiger partial charge in [0.2, 0.25) is 0 Å². The van der Waals surface area contributed by atoms with Gasteiger partial charge in [0, 0.05) is 12.7 Å². The molecule has 0 atom stereocenters. The second-order valence-electron chi connectivity index (χ2n) is 4.30. The van der Waals surface area contributed by atoms with Crippen molar-refractivity contribution in [3.8, 4) is 0 Å². The van der Waals surface area contributed by atoms with E-state index >= 15 is 0 Å². The molecule has 14 heteroatoms. The molecular weight excluding hydrogens is 380 g/mol. The highest BCUT2D eigenvalue weighted by atomic mass is 19.3. The highest BCUT2D eigenvalue weighted by Crippen LogP contribution is 2.36. The summed E-state index contributed by atoms with van der Waals surface area (Å²) in [5.74, 6) is -1.42. The number of rotatable bonds is 11. The van der Waals surface area contributed by atoms with Gasteiger partial charge in [0.1, 0.15) is 6.61 Å². The average Bonchev–Trinajstić information content (AvgIpc) is 2.30. The van der Waals surface area contributed by atoms with Gasteiger partial charge in [0.25, 0.3) is 0 Å². The summed E-state index contributed by atoms with van der Waals surface area (Å²) in [5.41, 5.74) is -0.376. The Morgan fingerprint density at radius 3 is 1.60 bits per heavy atom. The standard InChI is InChI=1S/C11H12F8O6/c1-6(2)7(20)22-5-9(14,15)24-11(18,19)25-10(16,17)23-8(12,13)4-21-3/h1,4-5H2,2-3H3.